The van der Waals surface area contributed by atoms with Crippen LogP contribution in [0.25, 0.3) is 5.57 Å². The Balaban J connectivity index is 1.87. The Hall–Kier alpha value is -0.950. The van der Waals surface area contributed by atoms with Gasteiger partial charge in [-0.1, -0.05) is 64.5 Å². The lowest BCUT2D eigenvalue weighted by atomic mass is 9.71. The molecule has 0 atom stereocenters. The number of hydrogen-bond acceptors (Lipinski definition) is 1. The quantitative estimate of drug-likeness (QED) is 0.573. The molecule has 22 heavy (non-hydrogen) atoms. The first-order valence-corrected chi connectivity index (χ1v) is 9.42. The number of rotatable bonds is 3. The van der Waals surface area contributed by atoms with Crippen molar-refractivity contribution in [2.45, 2.75) is 58.8 Å². The van der Waals surface area contributed by atoms with Gasteiger partial charge in [0, 0.05) is 10.6 Å². The first kappa shape index (κ1) is 15.9. The van der Waals surface area contributed by atoms with E-state index < -0.39 is 0 Å². The van der Waals surface area contributed by atoms with E-state index >= 15 is 0 Å². The Bertz CT molecular complexity index is 638. The Morgan fingerprint density at radius 3 is 2.59 bits per heavy atom. The summed E-state index contributed by atoms with van der Waals surface area (Å²) in [5.74, 6) is 1.17. The highest BCUT2D eigenvalue weighted by atomic mass is 32.2. The predicted molar refractivity (Wildman–Crippen MR) is 99.4 cm³/mol. The van der Waals surface area contributed by atoms with Crippen molar-refractivity contribution in [3.63, 3.8) is 0 Å². The van der Waals surface area contributed by atoms with E-state index in [4.69, 9.17) is 0 Å². The molecule has 1 aromatic carbocycles. The van der Waals surface area contributed by atoms with Crippen molar-refractivity contribution in [2.24, 2.45) is 10.8 Å². The molecule has 0 amide bonds. The largest absolute Gasteiger partial charge is 0.125 e. The second-order valence-corrected chi connectivity index (χ2v) is 9.37. The summed E-state index contributed by atoms with van der Waals surface area (Å²) in [5.41, 5.74) is 6.89. The van der Waals surface area contributed by atoms with Crippen LogP contribution < -0.4 is 0 Å². The molecule has 0 unspecified atom stereocenters. The molecule has 0 heterocycles. The van der Waals surface area contributed by atoms with Gasteiger partial charge in [-0.25, -0.2) is 0 Å². The zero-order valence-corrected chi connectivity index (χ0v) is 15.4. The van der Waals surface area contributed by atoms with E-state index in [0.29, 0.717) is 10.8 Å². The molecular weight excluding hydrogens is 284 g/mol. The maximum absolute atomic E-state index is 2.40. The molecule has 3 rings (SSSR count). The van der Waals surface area contributed by atoms with Crippen LogP contribution in [0.5, 0.6) is 0 Å². The molecule has 0 nitrogen and oxygen atoms in total. The Morgan fingerprint density at radius 1 is 1.09 bits per heavy atom. The Labute approximate surface area is 140 Å². The maximum Gasteiger partial charge on any atom is 0.0153 e. The molecule has 0 spiro atoms. The van der Waals surface area contributed by atoms with Gasteiger partial charge in [0.15, 0.2) is 0 Å². The molecule has 2 aliphatic carbocycles. The summed E-state index contributed by atoms with van der Waals surface area (Å²) in [5, 5.41) is 0. The fourth-order valence-electron chi connectivity index (χ4n) is 3.01. The molecule has 1 aromatic rings. The standard InChI is InChI=1S/C21H28S/c1-20(2,3)21(4,5)14-22-18-12-8-10-16-13-15-9-6-7-11-17(15)19(16)18/h7-8,10-12H,6,9,13-14H2,1-5H3. The lowest BCUT2D eigenvalue weighted by Gasteiger charge is -2.38. The number of thioether (sulfide) groups is 1. The minimum absolute atomic E-state index is 0.318. The average molecular weight is 313 g/mol. The normalized spacial score (nSPS) is 17.7. The first-order chi connectivity index (χ1) is 10.3. The van der Waals surface area contributed by atoms with Crippen molar-refractivity contribution in [1.29, 1.82) is 0 Å². The van der Waals surface area contributed by atoms with E-state index in [9.17, 15) is 0 Å². The maximum atomic E-state index is 2.40. The second kappa shape index (κ2) is 5.60. The number of allylic oxidation sites excluding steroid dienone is 4. The van der Waals surface area contributed by atoms with Gasteiger partial charge < -0.3 is 0 Å². The van der Waals surface area contributed by atoms with Crippen molar-refractivity contribution in [3.05, 3.63) is 47.1 Å². The van der Waals surface area contributed by atoms with Gasteiger partial charge >= 0.3 is 0 Å². The van der Waals surface area contributed by atoms with Crippen LogP contribution in [-0.4, -0.2) is 5.75 Å². The van der Waals surface area contributed by atoms with Crippen LogP contribution in [0.2, 0.25) is 0 Å². The Morgan fingerprint density at radius 2 is 1.86 bits per heavy atom. The molecule has 0 aromatic heterocycles. The van der Waals surface area contributed by atoms with Crippen molar-refractivity contribution in [3.8, 4) is 0 Å². The van der Waals surface area contributed by atoms with Crippen LogP contribution in [0.3, 0.4) is 0 Å². The monoisotopic (exact) mass is 312 g/mol. The SMILES string of the molecule is CC(C)(C)C(C)(C)CSc1cccc2c1C1=C(CCC=C1)C2. The van der Waals surface area contributed by atoms with E-state index in [2.05, 4.69) is 65.0 Å². The molecule has 2 aliphatic rings. The van der Waals surface area contributed by atoms with Crippen molar-refractivity contribution in [2.75, 3.05) is 5.75 Å². The van der Waals surface area contributed by atoms with Gasteiger partial charge in [0.2, 0.25) is 0 Å². The molecule has 0 saturated carbocycles. The van der Waals surface area contributed by atoms with Crippen LogP contribution in [0.1, 0.15) is 58.6 Å². The van der Waals surface area contributed by atoms with Gasteiger partial charge in [0.25, 0.3) is 0 Å². The van der Waals surface area contributed by atoms with E-state index in [1.165, 1.54) is 46.6 Å². The summed E-state index contributed by atoms with van der Waals surface area (Å²) in [6.45, 7) is 11.9. The summed E-state index contributed by atoms with van der Waals surface area (Å²) >= 11 is 2.05. The molecule has 1 heteroatoms. The van der Waals surface area contributed by atoms with Crippen LogP contribution in [0.15, 0.2) is 40.8 Å². The molecule has 0 fully saturated rings. The lowest BCUT2D eigenvalue weighted by Crippen LogP contribution is -2.31. The van der Waals surface area contributed by atoms with E-state index in [1.807, 2.05) is 11.8 Å². The minimum Gasteiger partial charge on any atom is -0.125 e. The minimum atomic E-state index is 0.318. The number of hydrogen-bond donors (Lipinski definition) is 0. The third-order valence-electron chi connectivity index (χ3n) is 5.68. The van der Waals surface area contributed by atoms with Crippen LogP contribution >= 0.6 is 11.8 Å². The molecule has 118 valence electrons. The highest BCUT2D eigenvalue weighted by Gasteiger charge is 2.33. The number of benzene rings is 1. The summed E-state index contributed by atoms with van der Waals surface area (Å²) < 4.78 is 0. The van der Waals surface area contributed by atoms with E-state index in [0.717, 1.165) is 0 Å². The van der Waals surface area contributed by atoms with E-state index in [1.54, 1.807) is 5.57 Å². The van der Waals surface area contributed by atoms with Crippen molar-refractivity contribution >= 4 is 17.3 Å². The third kappa shape index (κ3) is 2.80. The molecule has 0 saturated heterocycles. The third-order valence-corrected chi connectivity index (χ3v) is 7.20. The van der Waals surface area contributed by atoms with Gasteiger partial charge in [-0.2, -0.15) is 0 Å². The highest BCUT2D eigenvalue weighted by Crippen LogP contribution is 2.46. The van der Waals surface area contributed by atoms with Gasteiger partial charge in [-0.15, -0.1) is 11.8 Å². The molecule has 0 aliphatic heterocycles. The Kier molecular flexibility index (Phi) is 4.05. The average Bonchev–Trinajstić information content (AvgIpc) is 2.83. The smallest absolute Gasteiger partial charge is 0.0153 e. The predicted octanol–water partition coefficient (Wildman–Crippen LogP) is 6.51. The van der Waals surface area contributed by atoms with Crippen LogP contribution in [0, 0.1) is 10.8 Å². The second-order valence-electron chi connectivity index (χ2n) is 8.35. The van der Waals surface area contributed by atoms with E-state index in [-0.39, 0.29) is 0 Å². The van der Waals surface area contributed by atoms with Crippen LogP contribution in [-0.2, 0) is 6.42 Å². The lowest BCUT2D eigenvalue weighted by molar-refractivity contribution is 0.162. The molecule has 0 bridgehead atoms. The highest BCUT2D eigenvalue weighted by molar-refractivity contribution is 7.99. The van der Waals surface area contributed by atoms with Gasteiger partial charge in [-0.05, 0) is 52.9 Å². The number of fused-ring (bicyclic) bond motifs is 2. The van der Waals surface area contributed by atoms with Gasteiger partial charge in [-0.3, -0.25) is 0 Å². The first-order valence-electron chi connectivity index (χ1n) is 8.43. The summed E-state index contributed by atoms with van der Waals surface area (Å²) in [7, 11) is 0. The summed E-state index contributed by atoms with van der Waals surface area (Å²) in [6.07, 6.45) is 8.34. The van der Waals surface area contributed by atoms with Crippen molar-refractivity contribution < 1.29 is 0 Å². The fraction of sp³-hybridized carbons (Fsp3) is 0.524. The van der Waals surface area contributed by atoms with Crippen molar-refractivity contribution in [1.82, 2.24) is 0 Å². The fourth-order valence-corrected chi connectivity index (χ4v) is 4.52. The summed E-state index contributed by atoms with van der Waals surface area (Å²) in [4.78, 5) is 1.48. The summed E-state index contributed by atoms with van der Waals surface area (Å²) in [6, 6.07) is 6.88. The molecular formula is C21H28S. The molecule has 0 radical (unpaired) electrons. The zero-order chi connectivity index (χ0) is 16.0. The molecule has 0 N–H and O–H groups in total. The topological polar surface area (TPSA) is 0 Å². The van der Waals surface area contributed by atoms with Gasteiger partial charge in [0.05, 0.1) is 0 Å². The zero-order valence-electron chi connectivity index (χ0n) is 14.6. The van der Waals surface area contributed by atoms with Gasteiger partial charge in [0.1, 0.15) is 0 Å². The van der Waals surface area contributed by atoms with Crippen LogP contribution in [0.4, 0.5) is 0 Å².